The van der Waals surface area contributed by atoms with E-state index in [4.69, 9.17) is 10.8 Å². The third kappa shape index (κ3) is 5.09. The number of nitrogens with one attached hydrogen (secondary N) is 1. The van der Waals surface area contributed by atoms with Crippen molar-refractivity contribution in [1.29, 1.82) is 0 Å². The van der Waals surface area contributed by atoms with Gasteiger partial charge >= 0.3 is 5.97 Å². The van der Waals surface area contributed by atoms with Crippen LogP contribution < -0.4 is 11.1 Å². The number of amides is 1. The van der Waals surface area contributed by atoms with Crippen LogP contribution in [0.25, 0.3) is 0 Å². The molecule has 2 atom stereocenters. The summed E-state index contributed by atoms with van der Waals surface area (Å²) >= 11 is 0. The van der Waals surface area contributed by atoms with E-state index in [9.17, 15) is 9.59 Å². The van der Waals surface area contributed by atoms with E-state index < -0.39 is 12.0 Å². The molecule has 1 unspecified atom stereocenters. The Morgan fingerprint density at radius 2 is 1.95 bits per heavy atom. The molecule has 0 bridgehead atoms. The molecule has 0 saturated carbocycles. The van der Waals surface area contributed by atoms with E-state index in [1.54, 1.807) is 19.1 Å². The lowest BCUT2D eigenvalue weighted by Crippen LogP contribution is -2.34. The van der Waals surface area contributed by atoms with Crippen LogP contribution in [0, 0.1) is 5.92 Å². The first-order valence-corrected chi connectivity index (χ1v) is 6.33. The summed E-state index contributed by atoms with van der Waals surface area (Å²) in [6.07, 6.45) is 1.16. The third-order valence-corrected chi connectivity index (χ3v) is 2.98. The van der Waals surface area contributed by atoms with Crippen LogP contribution in [0.1, 0.15) is 31.4 Å². The van der Waals surface area contributed by atoms with Gasteiger partial charge in [-0.3, -0.25) is 9.59 Å². The van der Waals surface area contributed by atoms with E-state index in [0.717, 1.165) is 5.56 Å². The van der Waals surface area contributed by atoms with Crippen LogP contribution in [0.15, 0.2) is 30.3 Å². The SMILES string of the molecule is CC(CCCNC(=O)[C@@H](N)c1ccccc1)C(=O)O. The molecule has 0 aromatic heterocycles. The van der Waals surface area contributed by atoms with Crippen LogP contribution in [0.2, 0.25) is 0 Å². The van der Waals surface area contributed by atoms with Gasteiger partial charge in [-0.15, -0.1) is 0 Å². The monoisotopic (exact) mass is 264 g/mol. The molecule has 0 fully saturated rings. The Bertz CT molecular complexity index is 420. The summed E-state index contributed by atoms with van der Waals surface area (Å²) in [6, 6.07) is 8.45. The molecule has 4 N–H and O–H groups in total. The lowest BCUT2D eigenvalue weighted by atomic mass is 10.1. The van der Waals surface area contributed by atoms with E-state index >= 15 is 0 Å². The first kappa shape index (κ1) is 15.2. The quantitative estimate of drug-likeness (QED) is 0.647. The molecule has 1 aromatic carbocycles. The van der Waals surface area contributed by atoms with E-state index in [1.807, 2.05) is 18.2 Å². The van der Waals surface area contributed by atoms with Crippen LogP contribution in [-0.2, 0) is 9.59 Å². The molecule has 1 amide bonds. The summed E-state index contributed by atoms with van der Waals surface area (Å²) in [5.74, 6) is -1.44. The van der Waals surface area contributed by atoms with Gasteiger partial charge in [0.15, 0.2) is 0 Å². The molecule has 0 aliphatic heterocycles. The zero-order valence-corrected chi connectivity index (χ0v) is 11.0. The van der Waals surface area contributed by atoms with E-state index in [2.05, 4.69) is 5.32 Å². The van der Waals surface area contributed by atoms with Crippen molar-refractivity contribution in [1.82, 2.24) is 5.32 Å². The number of benzene rings is 1. The Hall–Kier alpha value is -1.88. The lowest BCUT2D eigenvalue weighted by Gasteiger charge is -2.13. The Morgan fingerprint density at radius 3 is 2.53 bits per heavy atom. The predicted octanol–water partition coefficient (Wildman–Crippen LogP) is 1.30. The number of carbonyl (C=O) groups is 2. The maximum absolute atomic E-state index is 11.8. The Balaban J connectivity index is 2.30. The smallest absolute Gasteiger partial charge is 0.306 e. The topological polar surface area (TPSA) is 92.4 Å². The minimum absolute atomic E-state index is 0.242. The fourth-order valence-electron chi connectivity index (χ4n) is 1.67. The normalized spacial score (nSPS) is 13.6. The summed E-state index contributed by atoms with van der Waals surface area (Å²) in [5, 5.41) is 11.4. The molecule has 0 heterocycles. The van der Waals surface area contributed by atoms with Crippen molar-refractivity contribution in [2.45, 2.75) is 25.8 Å². The van der Waals surface area contributed by atoms with Gasteiger partial charge in [0.2, 0.25) is 5.91 Å². The summed E-state index contributed by atoms with van der Waals surface area (Å²) in [4.78, 5) is 22.4. The van der Waals surface area contributed by atoms with Crippen LogP contribution in [0.4, 0.5) is 0 Å². The number of carboxylic acids is 1. The van der Waals surface area contributed by atoms with E-state index in [1.165, 1.54) is 0 Å². The second kappa shape index (κ2) is 7.53. The molecule has 0 aliphatic rings. The first-order chi connectivity index (χ1) is 9.02. The van der Waals surface area contributed by atoms with Gasteiger partial charge in [0.05, 0.1) is 5.92 Å². The molecule has 1 aromatic rings. The minimum atomic E-state index is -0.813. The van der Waals surface area contributed by atoms with Crippen molar-refractivity contribution in [2.24, 2.45) is 11.7 Å². The molecule has 104 valence electrons. The van der Waals surface area contributed by atoms with Crippen molar-refractivity contribution in [3.8, 4) is 0 Å². The van der Waals surface area contributed by atoms with Crippen LogP contribution >= 0.6 is 0 Å². The second-order valence-corrected chi connectivity index (χ2v) is 4.56. The number of hydrogen-bond acceptors (Lipinski definition) is 3. The third-order valence-electron chi connectivity index (χ3n) is 2.98. The summed E-state index contributed by atoms with van der Waals surface area (Å²) in [6.45, 7) is 2.09. The van der Waals surface area contributed by atoms with Gasteiger partial charge in [0.25, 0.3) is 0 Å². The van der Waals surface area contributed by atoms with Gasteiger partial charge in [0.1, 0.15) is 6.04 Å². The molecule has 1 rings (SSSR count). The maximum Gasteiger partial charge on any atom is 0.306 e. The Morgan fingerprint density at radius 1 is 1.32 bits per heavy atom. The van der Waals surface area contributed by atoms with Crippen LogP contribution in [0.5, 0.6) is 0 Å². The zero-order chi connectivity index (χ0) is 14.3. The molecule has 19 heavy (non-hydrogen) atoms. The standard InChI is InChI=1S/C14H20N2O3/c1-10(14(18)19)6-5-9-16-13(17)12(15)11-7-3-2-4-8-11/h2-4,7-8,10,12H,5-6,9,15H2,1H3,(H,16,17)(H,18,19)/t10?,12-/m0/s1. The van der Waals surface area contributed by atoms with Crippen LogP contribution in [0.3, 0.4) is 0 Å². The molecular formula is C14H20N2O3. The van der Waals surface area contributed by atoms with Crippen LogP contribution in [-0.4, -0.2) is 23.5 Å². The number of carbonyl (C=O) groups excluding carboxylic acids is 1. The summed E-state index contributed by atoms with van der Waals surface area (Å²) in [7, 11) is 0. The van der Waals surface area contributed by atoms with Crippen molar-refractivity contribution in [3.05, 3.63) is 35.9 Å². The summed E-state index contributed by atoms with van der Waals surface area (Å²) < 4.78 is 0. The number of hydrogen-bond donors (Lipinski definition) is 3. The highest BCUT2D eigenvalue weighted by Gasteiger charge is 2.15. The number of nitrogens with two attached hydrogens (primary N) is 1. The zero-order valence-electron chi connectivity index (χ0n) is 11.0. The molecule has 0 saturated heterocycles. The fraction of sp³-hybridized carbons (Fsp3) is 0.429. The highest BCUT2D eigenvalue weighted by Crippen LogP contribution is 2.09. The Labute approximate surface area is 112 Å². The average Bonchev–Trinajstić information content (AvgIpc) is 2.43. The van der Waals surface area contributed by atoms with Gasteiger partial charge in [-0.1, -0.05) is 37.3 Å². The van der Waals surface area contributed by atoms with Crippen molar-refractivity contribution < 1.29 is 14.7 Å². The van der Waals surface area contributed by atoms with Gasteiger partial charge in [-0.2, -0.15) is 0 Å². The number of aliphatic carboxylic acids is 1. The molecule has 0 aliphatic carbocycles. The van der Waals surface area contributed by atoms with Crippen molar-refractivity contribution >= 4 is 11.9 Å². The second-order valence-electron chi connectivity index (χ2n) is 4.56. The lowest BCUT2D eigenvalue weighted by molar-refractivity contribution is -0.141. The Kier molecular flexibility index (Phi) is 6.02. The largest absolute Gasteiger partial charge is 0.481 e. The molecule has 0 spiro atoms. The maximum atomic E-state index is 11.8. The summed E-state index contributed by atoms with van der Waals surface area (Å²) in [5.41, 5.74) is 6.59. The van der Waals surface area contributed by atoms with Gasteiger partial charge in [-0.05, 0) is 18.4 Å². The molecular weight excluding hydrogens is 244 g/mol. The van der Waals surface area contributed by atoms with Crippen molar-refractivity contribution in [3.63, 3.8) is 0 Å². The average molecular weight is 264 g/mol. The van der Waals surface area contributed by atoms with E-state index in [0.29, 0.717) is 19.4 Å². The van der Waals surface area contributed by atoms with Gasteiger partial charge < -0.3 is 16.2 Å². The molecule has 0 radical (unpaired) electrons. The predicted molar refractivity (Wildman–Crippen MR) is 72.4 cm³/mol. The van der Waals surface area contributed by atoms with Crippen molar-refractivity contribution in [2.75, 3.05) is 6.54 Å². The number of rotatable bonds is 7. The molecule has 5 heteroatoms. The van der Waals surface area contributed by atoms with Gasteiger partial charge in [-0.25, -0.2) is 0 Å². The first-order valence-electron chi connectivity index (χ1n) is 6.33. The van der Waals surface area contributed by atoms with E-state index in [-0.39, 0.29) is 11.8 Å². The minimum Gasteiger partial charge on any atom is -0.481 e. The van der Waals surface area contributed by atoms with Gasteiger partial charge in [0, 0.05) is 6.54 Å². The molecule has 5 nitrogen and oxygen atoms in total. The number of carboxylic acid groups (broad SMARTS) is 1. The highest BCUT2D eigenvalue weighted by molar-refractivity contribution is 5.82. The fourth-order valence-corrected chi connectivity index (χ4v) is 1.67. The highest BCUT2D eigenvalue weighted by atomic mass is 16.4.